The van der Waals surface area contributed by atoms with Gasteiger partial charge < -0.3 is 19.7 Å². The van der Waals surface area contributed by atoms with Crippen LogP contribution >= 0.6 is 24.0 Å². The normalized spacial score (nSPS) is 17.4. The van der Waals surface area contributed by atoms with E-state index in [0.717, 1.165) is 25.3 Å². The zero-order valence-corrected chi connectivity index (χ0v) is 18.0. The molecule has 146 valence electrons. The first kappa shape index (κ1) is 22.7. The molecule has 0 saturated carbocycles. The van der Waals surface area contributed by atoms with E-state index in [-0.39, 0.29) is 35.9 Å². The third kappa shape index (κ3) is 7.49. The maximum atomic E-state index is 12.0. The van der Waals surface area contributed by atoms with Gasteiger partial charge in [-0.15, -0.1) is 24.0 Å². The third-order valence-corrected chi connectivity index (χ3v) is 4.19. The van der Waals surface area contributed by atoms with Crippen LogP contribution < -0.4 is 5.32 Å². The fourth-order valence-electron chi connectivity index (χ4n) is 2.95. The molecule has 1 aliphatic rings. The van der Waals surface area contributed by atoms with Crippen molar-refractivity contribution in [2.75, 3.05) is 39.9 Å². The highest BCUT2D eigenvalue weighted by molar-refractivity contribution is 14.0. The number of aliphatic imine (C=N–C) groups is 1. The van der Waals surface area contributed by atoms with Crippen LogP contribution in [0.5, 0.6) is 0 Å². The Kier molecular flexibility index (Phi) is 11.3. The Balaban J connectivity index is 0.00000338. The summed E-state index contributed by atoms with van der Waals surface area (Å²) in [5.41, 5.74) is 1.17. The van der Waals surface area contributed by atoms with Crippen LogP contribution in [0.2, 0.25) is 0 Å². The molecular formula is C19H30IN3O3. The summed E-state index contributed by atoms with van der Waals surface area (Å²) >= 11 is 0. The molecule has 0 bridgehead atoms. The molecule has 0 amide bonds. The molecule has 1 saturated heterocycles. The van der Waals surface area contributed by atoms with E-state index in [2.05, 4.69) is 27.3 Å². The lowest BCUT2D eigenvalue weighted by Crippen LogP contribution is -2.48. The van der Waals surface area contributed by atoms with Gasteiger partial charge in [0.15, 0.2) is 5.96 Å². The van der Waals surface area contributed by atoms with Crippen molar-refractivity contribution in [3.63, 3.8) is 0 Å². The highest BCUT2D eigenvalue weighted by Gasteiger charge is 2.28. The van der Waals surface area contributed by atoms with E-state index in [9.17, 15) is 4.79 Å². The number of ether oxygens (including phenoxy) is 2. The summed E-state index contributed by atoms with van der Waals surface area (Å²) < 4.78 is 10.8. The zero-order valence-electron chi connectivity index (χ0n) is 15.6. The first-order valence-electron chi connectivity index (χ1n) is 8.98. The van der Waals surface area contributed by atoms with Gasteiger partial charge in [-0.25, -0.2) is 0 Å². The number of esters is 1. The van der Waals surface area contributed by atoms with Crippen LogP contribution in [0.4, 0.5) is 0 Å². The van der Waals surface area contributed by atoms with E-state index in [4.69, 9.17) is 9.47 Å². The van der Waals surface area contributed by atoms with E-state index in [1.165, 1.54) is 5.56 Å². The van der Waals surface area contributed by atoms with Crippen LogP contribution in [-0.2, 0) is 20.9 Å². The van der Waals surface area contributed by atoms with Gasteiger partial charge in [0.05, 0.1) is 25.7 Å². The molecule has 26 heavy (non-hydrogen) atoms. The predicted octanol–water partition coefficient (Wildman–Crippen LogP) is 2.67. The smallest absolute Gasteiger partial charge is 0.310 e. The number of benzene rings is 1. The van der Waals surface area contributed by atoms with E-state index in [1.807, 2.05) is 25.1 Å². The molecule has 1 aromatic carbocycles. The van der Waals surface area contributed by atoms with E-state index >= 15 is 0 Å². The second kappa shape index (κ2) is 12.9. The number of guanidine groups is 1. The lowest BCUT2D eigenvalue weighted by atomic mass is 9.98. The van der Waals surface area contributed by atoms with E-state index < -0.39 is 0 Å². The Morgan fingerprint density at radius 3 is 2.81 bits per heavy atom. The Morgan fingerprint density at radius 2 is 2.12 bits per heavy atom. The van der Waals surface area contributed by atoms with Gasteiger partial charge in [0.2, 0.25) is 0 Å². The summed E-state index contributed by atoms with van der Waals surface area (Å²) in [6, 6.07) is 10.1. The maximum Gasteiger partial charge on any atom is 0.310 e. The van der Waals surface area contributed by atoms with Crippen molar-refractivity contribution >= 4 is 35.9 Å². The number of hydrogen-bond donors (Lipinski definition) is 1. The van der Waals surface area contributed by atoms with Crippen molar-refractivity contribution in [3.8, 4) is 0 Å². The molecule has 6 nitrogen and oxygen atoms in total. The van der Waals surface area contributed by atoms with E-state index in [0.29, 0.717) is 32.9 Å². The predicted molar refractivity (Wildman–Crippen MR) is 114 cm³/mol. The minimum atomic E-state index is -0.103. The standard InChI is InChI=1S/C19H29N3O3.HI/c1-3-25-18(23)17-10-7-12-22(14-17)19(20-2)21-11-13-24-15-16-8-5-4-6-9-16;/h4-6,8-9,17H,3,7,10-15H2,1-2H3,(H,20,21);1H. The Bertz CT molecular complexity index is 554. The van der Waals surface area contributed by atoms with Crippen molar-refractivity contribution in [2.24, 2.45) is 10.9 Å². The number of likely N-dealkylation sites (tertiary alicyclic amines) is 1. The van der Waals surface area contributed by atoms with E-state index in [1.54, 1.807) is 7.05 Å². The molecule has 1 N–H and O–H groups in total. The largest absolute Gasteiger partial charge is 0.466 e. The van der Waals surface area contributed by atoms with Gasteiger partial charge in [0.25, 0.3) is 0 Å². The topological polar surface area (TPSA) is 63.2 Å². The van der Waals surface area contributed by atoms with Crippen LogP contribution in [0, 0.1) is 5.92 Å². The Labute approximate surface area is 173 Å². The highest BCUT2D eigenvalue weighted by atomic mass is 127. The van der Waals surface area contributed by atoms with Gasteiger partial charge in [-0.3, -0.25) is 9.79 Å². The lowest BCUT2D eigenvalue weighted by Gasteiger charge is -2.33. The van der Waals surface area contributed by atoms with Crippen molar-refractivity contribution < 1.29 is 14.3 Å². The van der Waals surface area contributed by atoms with Crippen LogP contribution in [0.25, 0.3) is 0 Å². The molecule has 0 aromatic heterocycles. The fraction of sp³-hybridized carbons (Fsp3) is 0.579. The number of rotatable bonds is 7. The molecule has 7 heteroatoms. The van der Waals surface area contributed by atoms with Gasteiger partial charge in [0.1, 0.15) is 0 Å². The minimum absolute atomic E-state index is 0. The summed E-state index contributed by atoms with van der Waals surface area (Å²) in [5, 5.41) is 3.32. The molecule has 2 rings (SSSR count). The first-order valence-corrected chi connectivity index (χ1v) is 8.98. The van der Waals surface area contributed by atoms with Gasteiger partial charge in [0, 0.05) is 26.7 Å². The average Bonchev–Trinajstić information content (AvgIpc) is 2.66. The number of hydrogen-bond acceptors (Lipinski definition) is 4. The van der Waals surface area contributed by atoms with Gasteiger partial charge in [-0.2, -0.15) is 0 Å². The van der Waals surface area contributed by atoms with Crippen LogP contribution in [0.1, 0.15) is 25.3 Å². The lowest BCUT2D eigenvalue weighted by molar-refractivity contribution is -0.149. The van der Waals surface area contributed by atoms with Crippen molar-refractivity contribution in [2.45, 2.75) is 26.4 Å². The molecule has 0 radical (unpaired) electrons. The quantitative estimate of drug-likeness (QED) is 0.216. The summed E-state index contributed by atoms with van der Waals surface area (Å²) in [6.45, 7) is 5.72. The molecule has 1 aliphatic heterocycles. The second-order valence-electron chi connectivity index (χ2n) is 6.05. The maximum absolute atomic E-state index is 12.0. The van der Waals surface area contributed by atoms with Crippen LogP contribution in [0.15, 0.2) is 35.3 Å². The molecule has 1 fully saturated rings. The molecule has 0 aliphatic carbocycles. The molecule has 1 heterocycles. The first-order chi connectivity index (χ1) is 12.2. The van der Waals surface area contributed by atoms with Crippen molar-refractivity contribution in [1.29, 1.82) is 0 Å². The number of carbonyl (C=O) groups is 1. The Hall–Kier alpha value is -1.35. The summed E-state index contributed by atoms with van der Waals surface area (Å²) in [7, 11) is 1.77. The number of carbonyl (C=O) groups excluding carboxylic acids is 1. The van der Waals surface area contributed by atoms with Gasteiger partial charge in [-0.1, -0.05) is 30.3 Å². The zero-order chi connectivity index (χ0) is 17.9. The van der Waals surface area contributed by atoms with Crippen LogP contribution in [0.3, 0.4) is 0 Å². The molecule has 0 spiro atoms. The number of piperidine rings is 1. The molecule has 1 aromatic rings. The van der Waals surface area contributed by atoms with Gasteiger partial charge >= 0.3 is 5.97 Å². The summed E-state index contributed by atoms with van der Waals surface area (Å²) in [6.07, 6.45) is 1.85. The average molecular weight is 475 g/mol. The summed E-state index contributed by atoms with van der Waals surface area (Å²) in [4.78, 5) is 18.4. The highest BCUT2D eigenvalue weighted by Crippen LogP contribution is 2.18. The van der Waals surface area contributed by atoms with Crippen molar-refractivity contribution in [3.05, 3.63) is 35.9 Å². The van der Waals surface area contributed by atoms with Gasteiger partial charge in [-0.05, 0) is 25.3 Å². The SMILES string of the molecule is CCOC(=O)C1CCCN(C(=NC)NCCOCc2ccccc2)C1.I. The molecule has 1 unspecified atom stereocenters. The van der Waals surface area contributed by atoms with Crippen LogP contribution in [-0.4, -0.2) is 56.7 Å². The number of nitrogens with one attached hydrogen (secondary N) is 1. The van der Waals surface area contributed by atoms with Crippen molar-refractivity contribution in [1.82, 2.24) is 10.2 Å². The Morgan fingerprint density at radius 1 is 1.35 bits per heavy atom. The molecular weight excluding hydrogens is 445 g/mol. The monoisotopic (exact) mass is 475 g/mol. The third-order valence-electron chi connectivity index (χ3n) is 4.19. The minimum Gasteiger partial charge on any atom is -0.466 e. The molecule has 1 atom stereocenters. The number of halogens is 1. The summed E-state index contributed by atoms with van der Waals surface area (Å²) in [5.74, 6) is 0.646. The number of nitrogens with zero attached hydrogens (tertiary/aromatic N) is 2. The fourth-order valence-corrected chi connectivity index (χ4v) is 2.95. The second-order valence-corrected chi connectivity index (χ2v) is 6.05.